The van der Waals surface area contributed by atoms with E-state index in [9.17, 15) is 4.79 Å². The second-order valence-electron chi connectivity index (χ2n) is 5.44. The number of carbonyl (C=O) groups is 1. The van der Waals surface area contributed by atoms with Gasteiger partial charge in [-0.15, -0.1) is 0 Å². The number of furan rings is 1. The summed E-state index contributed by atoms with van der Waals surface area (Å²) in [5.41, 5.74) is 3.09. The Hall–Kier alpha value is -3.15. The molecule has 6 nitrogen and oxygen atoms in total. The fraction of sp³-hybridized carbons (Fsp3) is 0.167. The number of benzene rings is 1. The SMILES string of the molecule is Cc1cccc(C)c1NC(=O)c1cnc(NCc2ccco2)cn1. The fourth-order valence-electron chi connectivity index (χ4n) is 2.32. The van der Waals surface area contributed by atoms with Gasteiger partial charge in [0.25, 0.3) is 5.91 Å². The highest BCUT2D eigenvalue weighted by Gasteiger charge is 2.11. The lowest BCUT2D eigenvalue weighted by Crippen LogP contribution is -2.16. The van der Waals surface area contributed by atoms with Gasteiger partial charge >= 0.3 is 0 Å². The van der Waals surface area contributed by atoms with E-state index in [2.05, 4.69) is 20.6 Å². The van der Waals surface area contributed by atoms with E-state index in [0.717, 1.165) is 22.6 Å². The molecule has 6 heteroatoms. The number of para-hydroxylation sites is 1. The molecule has 0 aliphatic heterocycles. The minimum atomic E-state index is -0.280. The summed E-state index contributed by atoms with van der Waals surface area (Å²) in [5.74, 6) is 1.10. The van der Waals surface area contributed by atoms with Crippen molar-refractivity contribution in [3.05, 3.63) is 71.6 Å². The van der Waals surface area contributed by atoms with Crippen molar-refractivity contribution in [2.75, 3.05) is 10.6 Å². The third kappa shape index (κ3) is 3.60. The van der Waals surface area contributed by atoms with Crippen molar-refractivity contribution in [3.63, 3.8) is 0 Å². The van der Waals surface area contributed by atoms with Crippen LogP contribution < -0.4 is 10.6 Å². The zero-order valence-electron chi connectivity index (χ0n) is 13.5. The number of nitrogens with one attached hydrogen (secondary N) is 2. The number of anilines is 2. The molecule has 0 atom stereocenters. The number of amides is 1. The highest BCUT2D eigenvalue weighted by atomic mass is 16.3. The Morgan fingerprint density at radius 2 is 1.88 bits per heavy atom. The number of carbonyl (C=O) groups excluding carboxylic acids is 1. The van der Waals surface area contributed by atoms with Crippen molar-refractivity contribution in [2.24, 2.45) is 0 Å². The summed E-state index contributed by atoms with van der Waals surface area (Å²) in [6.07, 6.45) is 4.60. The smallest absolute Gasteiger partial charge is 0.275 e. The van der Waals surface area contributed by atoms with E-state index in [0.29, 0.717) is 12.4 Å². The number of rotatable bonds is 5. The number of aryl methyl sites for hydroxylation is 2. The van der Waals surface area contributed by atoms with Crippen molar-refractivity contribution in [1.82, 2.24) is 9.97 Å². The van der Waals surface area contributed by atoms with Crippen molar-refractivity contribution in [1.29, 1.82) is 0 Å². The molecule has 0 aliphatic rings. The molecule has 122 valence electrons. The topological polar surface area (TPSA) is 80.0 Å². The third-order valence-corrected chi connectivity index (χ3v) is 3.63. The van der Waals surface area contributed by atoms with Gasteiger partial charge in [0.15, 0.2) is 0 Å². The maximum atomic E-state index is 12.3. The summed E-state index contributed by atoms with van der Waals surface area (Å²) < 4.78 is 5.23. The Morgan fingerprint density at radius 3 is 2.50 bits per heavy atom. The molecule has 0 saturated carbocycles. The standard InChI is InChI=1S/C18H18N4O2/c1-12-5-3-6-13(2)17(12)22-18(23)15-10-21-16(11-19-15)20-9-14-7-4-8-24-14/h3-8,10-11H,9H2,1-2H3,(H,20,21)(H,22,23). The Labute approximate surface area is 140 Å². The summed E-state index contributed by atoms with van der Waals surface area (Å²) in [6, 6.07) is 9.56. The Kier molecular flexibility index (Phi) is 4.56. The first-order chi connectivity index (χ1) is 11.6. The molecule has 1 amide bonds. The maximum Gasteiger partial charge on any atom is 0.275 e. The quantitative estimate of drug-likeness (QED) is 0.751. The monoisotopic (exact) mass is 322 g/mol. The normalized spacial score (nSPS) is 10.4. The molecule has 0 unspecified atom stereocenters. The first-order valence-electron chi connectivity index (χ1n) is 7.59. The largest absolute Gasteiger partial charge is 0.467 e. The second kappa shape index (κ2) is 6.95. The van der Waals surface area contributed by atoms with Crippen LogP contribution in [0.2, 0.25) is 0 Å². The van der Waals surface area contributed by atoms with Gasteiger partial charge in [-0.3, -0.25) is 4.79 Å². The van der Waals surface area contributed by atoms with Gasteiger partial charge in [0.1, 0.15) is 17.3 Å². The third-order valence-electron chi connectivity index (χ3n) is 3.63. The van der Waals surface area contributed by atoms with Crippen LogP contribution in [0.25, 0.3) is 0 Å². The summed E-state index contributed by atoms with van der Waals surface area (Å²) in [5, 5.41) is 5.97. The van der Waals surface area contributed by atoms with E-state index >= 15 is 0 Å². The molecule has 3 rings (SSSR count). The fourth-order valence-corrected chi connectivity index (χ4v) is 2.32. The van der Waals surface area contributed by atoms with Gasteiger partial charge in [0, 0.05) is 5.69 Å². The van der Waals surface area contributed by atoms with Crippen molar-refractivity contribution < 1.29 is 9.21 Å². The van der Waals surface area contributed by atoms with Crippen LogP contribution in [0, 0.1) is 13.8 Å². The van der Waals surface area contributed by atoms with Gasteiger partial charge in [-0.2, -0.15) is 0 Å². The van der Waals surface area contributed by atoms with E-state index in [4.69, 9.17) is 4.42 Å². The lowest BCUT2D eigenvalue weighted by Gasteiger charge is -2.11. The van der Waals surface area contributed by atoms with Crippen LogP contribution in [0.5, 0.6) is 0 Å². The molecule has 0 radical (unpaired) electrons. The van der Waals surface area contributed by atoms with Crippen LogP contribution in [-0.2, 0) is 6.54 Å². The minimum absolute atomic E-state index is 0.265. The van der Waals surface area contributed by atoms with Gasteiger partial charge in [-0.05, 0) is 37.1 Å². The molecular formula is C18H18N4O2. The van der Waals surface area contributed by atoms with Crippen molar-refractivity contribution in [3.8, 4) is 0 Å². The van der Waals surface area contributed by atoms with E-state index in [1.807, 2.05) is 44.2 Å². The number of hydrogen-bond acceptors (Lipinski definition) is 5. The van der Waals surface area contributed by atoms with E-state index in [-0.39, 0.29) is 11.6 Å². The number of aromatic nitrogens is 2. The summed E-state index contributed by atoms with van der Waals surface area (Å²) >= 11 is 0. The maximum absolute atomic E-state index is 12.3. The Bertz CT molecular complexity index is 806. The average Bonchev–Trinajstić information content (AvgIpc) is 3.10. The van der Waals surface area contributed by atoms with E-state index in [1.54, 1.807) is 6.26 Å². The van der Waals surface area contributed by atoms with Gasteiger partial charge in [0.2, 0.25) is 0 Å². The molecular weight excluding hydrogens is 304 g/mol. The minimum Gasteiger partial charge on any atom is -0.467 e. The highest BCUT2D eigenvalue weighted by Crippen LogP contribution is 2.20. The molecule has 3 aromatic rings. The lowest BCUT2D eigenvalue weighted by molar-refractivity contribution is 0.102. The van der Waals surface area contributed by atoms with Crippen molar-refractivity contribution in [2.45, 2.75) is 20.4 Å². The molecule has 0 fully saturated rings. The molecule has 24 heavy (non-hydrogen) atoms. The van der Waals surface area contributed by atoms with Crippen LogP contribution in [0.4, 0.5) is 11.5 Å². The van der Waals surface area contributed by atoms with Gasteiger partial charge < -0.3 is 15.1 Å². The van der Waals surface area contributed by atoms with Crippen LogP contribution in [0.15, 0.2) is 53.4 Å². The molecule has 2 aromatic heterocycles. The number of hydrogen-bond donors (Lipinski definition) is 2. The Balaban J connectivity index is 1.65. The first-order valence-corrected chi connectivity index (χ1v) is 7.59. The zero-order chi connectivity index (χ0) is 16.9. The van der Waals surface area contributed by atoms with Crippen LogP contribution in [0.3, 0.4) is 0 Å². The van der Waals surface area contributed by atoms with Gasteiger partial charge in [-0.1, -0.05) is 18.2 Å². The lowest BCUT2D eigenvalue weighted by atomic mass is 10.1. The first kappa shape index (κ1) is 15.7. The van der Waals surface area contributed by atoms with E-state index in [1.165, 1.54) is 12.4 Å². The van der Waals surface area contributed by atoms with Gasteiger partial charge in [-0.25, -0.2) is 9.97 Å². The van der Waals surface area contributed by atoms with Gasteiger partial charge in [0.05, 0.1) is 25.2 Å². The van der Waals surface area contributed by atoms with Crippen LogP contribution in [-0.4, -0.2) is 15.9 Å². The molecule has 0 aliphatic carbocycles. The number of nitrogens with zero attached hydrogens (tertiary/aromatic N) is 2. The molecule has 1 aromatic carbocycles. The Morgan fingerprint density at radius 1 is 1.08 bits per heavy atom. The second-order valence-corrected chi connectivity index (χ2v) is 5.44. The van der Waals surface area contributed by atoms with Crippen LogP contribution >= 0.6 is 0 Å². The highest BCUT2D eigenvalue weighted by molar-refractivity contribution is 6.03. The predicted molar refractivity (Wildman–Crippen MR) is 91.9 cm³/mol. The van der Waals surface area contributed by atoms with Crippen LogP contribution in [0.1, 0.15) is 27.4 Å². The zero-order valence-corrected chi connectivity index (χ0v) is 13.5. The molecule has 2 N–H and O–H groups in total. The van der Waals surface area contributed by atoms with Crippen molar-refractivity contribution >= 4 is 17.4 Å². The molecule has 0 spiro atoms. The summed E-state index contributed by atoms with van der Waals surface area (Å²) in [6.45, 7) is 4.42. The summed E-state index contributed by atoms with van der Waals surface area (Å²) in [4.78, 5) is 20.7. The summed E-state index contributed by atoms with van der Waals surface area (Å²) in [7, 11) is 0. The average molecular weight is 322 g/mol. The predicted octanol–water partition coefficient (Wildman–Crippen LogP) is 3.55. The molecule has 2 heterocycles. The molecule has 0 saturated heterocycles. The molecule has 0 bridgehead atoms. The van der Waals surface area contributed by atoms with E-state index < -0.39 is 0 Å².